The number of ether oxygens (including phenoxy) is 2. The first-order valence-electron chi connectivity index (χ1n) is 6.84. The van der Waals surface area contributed by atoms with Crippen LogP contribution >= 0.6 is 0 Å². The Labute approximate surface area is 130 Å². The fourth-order valence-corrected chi connectivity index (χ4v) is 2.17. The third-order valence-corrected chi connectivity index (χ3v) is 3.22. The van der Waals surface area contributed by atoms with Crippen molar-refractivity contribution in [1.29, 1.82) is 0 Å². The smallest absolute Gasteiger partial charge is 0.322 e. The van der Waals surface area contributed by atoms with Gasteiger partial charge in [0, 0.05) is 0 Å². The molecule has 1 aromatic carbocycles. The molecule has 8 heteroatoms. The van der Waals surface area contributed by atoms with Gasteiger partial charge in [0.1, 0.15) is 0 Å². The molecular formula is C15H11N3O5. The topological polar surface area (TPSA) is 99.6 Å². The second kappa shape index (κ2) is 5.48. The van der Waals surface area contributed by atoms with Crippen molar-refractivity contribution in [2.45, 2.75) is 6.42 Å². The quantitative estimate of drug-likeness (QED) is 0.788. The number of aromatic nitrogens is 2. The van der Waals surface area contributed by atoms with E-state index in [0.717, 1.165) is 5.56 Å². The maximum Gasteiger partial charge on any atom is 0.322 e. The minimum Gasteiger partial charge on any atom is -0.459 e. The fourth-order valence-electron chi connectivity index (χ4n) is 2.17. The van der Waals surface area contributed by atoms with E-state index in [0.29, 0.717) is 23.8 Å². The highest BCUT2D eigenvalue weighted by molar-refractivity contribution is 6.00. The molecule has 8 nitrogen and oxygen atoms in total. The lowest BCUT2D eigenvalue weighted by Crippen LogP contribution is -2.10. The van der Waals surface area contributed by atoms with Crippen molar-refractivity contribution in [2.75, 3.05) is 12.1 Å². The third kappa shape index (κ3) is 2.73. The van der Waals surface area contributed by atoms with Gasteiger partial charge in [-0.15, -0.1) is 5.10 Å². The lowest BCUT2D eigenvalue weighted by Gasteiger charge is -2.00. The SMILES string of the molecule is O=C(Nc1nnc(Cc2ccc3c(c2)OCO3)o1)c1ccco1. The van der Waals surface area contributed by atoms with E-state index in [4.69, 9.17) is 18.3 Å². The number of hydrogen-bond acceptors (Lipinski definition) is 7. The third-order valence-electron chi connectivity index (χ3n) is 3.22. The van der Waals surface area contributed by atoms with E-state index < -0.39 is 5.91 Å². The van der Waals surface area contributed by atoms with Crippen LogP contribution in [-0.4, -0.2) is 22.9 Å². The minimum absolute atomic E-state index is 0.0159. The van der Waals surface area contributed by atoms with Gasteiger partial charge < -0.3 is 18.3 Å². The van der Waals surface area contributed by atoms with Gasteiger partial charge in [0.15, 0.2) is 17.3 Å². The van der Waals surface area contributed by atoms with E-state index in [2.05, 4.69) is 15.5 Å². The molecule has 0 fully saturated rings. The van der Waals surface area contributed by atoms with Gasteiger partial charge in [0.05, 0.1) is 12.7 Å². The summed E-state index contributed by atoms with van der Waals surface area (Å²) in [6.07, 6.45) is 1.83. The molecular weight excluding hydrogens is 302 g/mol. The van der Waals surface area contributed by atoms with Gasteiger partial charge >= 0.3 is 6.01 Å². The lowest BCUT2D eigenvalue weighted by molar-refractivity contribution is 0.0993. The maximum atomic E-state index is 11.8. The number of fused-ring (bicyclic) bond motifs is 1. The number of amides is 1. The van der Waals surface area contributed by atoms with Crippen LogP contribution in [0.5, 0.6) is 11.5 Å². The van der Waals surface area contributed by atoms with Gasteiger partial charge in [0.25, 0.3) is 5.91 Å². The van der Waals surface area contributed by atoms with Crippen molar-refractivity contribution in [3.05, 3.63) is 53.8 Å². The molecule has 0 radical (unpaired) electrons. The van der Waals surface area contributed by atoms with Crippen LogP contribution in [0.2, 0.25) is 0 Å². The van der Waals surface area contributed by atoms with Crippen molar-refractivity contribution in [1.82, 2.24) is 10.2 Å². The molecule has 0 saturated carbocycles. The molecule has 0 spiro atoms. The molecule has 3 heterocycles. The summed E-state index contributed by atoms with van der Waals surface area (Å²) >= 11 is 0. The van der Waals surface area contributed by atoms with Crippen molar-refractivity contribution < 1.29 is 23.1 Å². The number of furan rings is 1. The van der Waals surface area contributed by atoms with E-state index >= 15 is 0 Å². The molecule has 1 aliphatic heterocycles. The molecule has 2 aromatic heterocycles. The van der Waals surface area contributed by atoms with Crippen LogP contribution in [0.15, 0.2) is 45.4 Å². The van der Waals surface area contributed by atoms with Crippen LogP contribution in [0.3, 0.4) is 0 Å². The molecule has 0 unspecified atom stereocenters. The van der Waals surface area contributed by atoms with Crippen LogP contribution in [-0.2, 0) is 6.42 Å². The second-order valence-electron chi connectivity index (χ2n) is 4.80. The van der Waals surface area contributed by atoms with E-state index in [-0.39, 0.29) is 18.6 Å². The van der Waals surface area contributed by atoms with Crippen LogP contribution in [0.25, 0.3) is 0 Å². The summed E-state index contributed by atoms with van der Waals surface area (Å²) in [5.74, 6) is 1.49. The van der Waals surface area contributed by atoms with Gasteiger partial charge in [0.2, 0.25) is 12.7 Å². The number of hydrogen-bond donors (Lipinski definition) is 1. The Bertz CT molecular complexity index is 841. The summed E-state index contributed by atoms with van der Waals surface area (Å²) in [6.45, 7) is 0.225. The summed E-state index contributed by atoms with van der Waals surface area (Å²) in [5.41, 5.74) is 0.932. The van der Waals surface area contributed by atoms with Crippen LogP contribution in [0.1, 0.15) is 22.0 Å². The van der Waals surface area contributed by atoms with E-state index in [1.54, 1.807) is 12.1 Å². The Morgan fingerprint density at radius 3 is 2.96 bits per heavy atom. The summed E-state index contributed by atoms with van der Waals surface area (Å²) < 4.78 is 21.0. The molecule has 0 aliphatic carbocycles. The van der Waals surface area contributed by atoms with Crippen molar-refractivity contribution in [2.24, 2.45) is 0 Å². The average Bonchev–Trinajstić information content (AvgIpc) is 3.28. The zero-order valence-electron chi connectivity index (χ0n) is 11.8. The zero-order chi connectivity index (χ0) is 15.6. The number of carbonyl (C=O) groups is 1. The molecule has 4 rings (SSSR count). The Balaban J connectivity index is 1.45. The van der Waals surface area contributed by atoms with Gasteiger partial charge in [-0.25, -0.2) is 0 Å². The normalized spacial score (nSPS) is 12.3. The van der Waals surface area contributed by atoms with E-state index in [1.807, 2.05) is 18.2 Å². The first kappa shape index (κ1) is 13.4. The van der Waals surface area contributed by atoms with Gasteiger partial charge in [-0.2, -0.15) is 0 Å². The first-order valence-corrected chi connectivity index (χ1v) is 6.84. The largest absolute Gasteiger partial charge is 0.459 e. The fraction of sp³-hybridized carbons (Fsp3) is 0.133. The molecule has 0 atom stereocenters. The summed E-state index contributed by atoms with van der Waals surface area (Å²) in [5, 5.41) is 10.2. The van der Waals surface area contributed by atoms with Gasteiger partial charge in [-0.05, 0) is 29.8 Å². The number of nitrogens with zero attached hydrogens (tertiary/aromatic N) is 2. The van der Waals surface area contributed by atoms with Crippen LogP contribution in [0, 0.1) is 0 Å². The summed E-state index contributed by atoms with van der Waals surface area (Å²) in [6, 6.07) is 8.75. The number of anilines is 1. The first-order chi connectivity index (χ1) is 11.3. The zero-order valence-corrected chi connectivity index (χ0v) is 11.8. The van der Waals surface area contributed by atoms with Crippen LogP contribution < -0.4 is 14.8 Å². The van der Waals surface area contributed by atoms with Gasteiger partial charge in [-0.1, -0.05) is 11.2 Å². The van der Waals surface area contributed by atoms with E-state index in [1.165, 1.54) is 6.26 Å². The average molecular weight is 313 g/mol. The Hall–Kier alpha value is -3.29. The van der Waals surface area contributed by atoms with Gasteiger partial charge in [-0.3, -0.25) is 10.1 Å². The molecule has 23 heavy (non-hydrogen) atoms. The number of benzene rings is 1. The Morgan fingerprint density at radius 2 is 2.09 bits per heavy atom. The monoisotopic (exact) mass is 313 g/mol. The summed E-state index contributed by atoms with van der Waals surface area (Å²) in [7, 11) is 0. The molecule has 0 bridgehead atoms. The van der Waals surface area contributed by atoms with Crippen LogP contribution in [0.4, 0.5) is 6.01 Å². The highest BCUT2D eigenvalue weighted by Crippen LogP contribution is 2.33. The molecule has 1 aliphatic rings. The standard InChI is InChI=1S/C15H11N3O5/c19-14(11-2-1-5-20-11)16-15-18-17-13(23-15)7-9-3-4-10-12(6-9)22-8-21-10/h1-6H,7-8H2,(H,16,18,19). The Kier molecular flexibility index (Phi) is 3.19. The summed E-state index contributed by atoms with van der Waals surface area (Å²) in [4.78, 5) is 11.8. The minimum atomic E-state index is -0.451. The molecule has 0 saturated heterocycles. The number of nitrogens with one attached hydrogen (secondary N) is 1. The van der Waals surface area contributed by atoms with E-state index in [9.17, 15) is 4.79 Å². The Morgan fingerprint density at radius 1 is 1.17 bits per heavy atom. The second-order valence-corrected chi connectivity index (χ2v) is 4.80. The predicted octanol–water partition coefficient (Wildman–Crippen LogP) is 2.23. The molecule has 3 aromatic rings. The van der Waals surface area contributed by atoms with Crippen molar-refractivity contribution in [3.63, 3.8) is 0 Å². The molecule has 1 amide bonds. The maximum absolute atomic E-state index is 11.8. The number of rotatable bonds is 4. The van der Waals surface area contributed by atoms with Crippen molar-refractivity contribution >= 4 is 11.9 Å². The molecule has 116 valence electrons. The highest BCUT2D eigenvalue weighted by Gasteiger charge is 2.16. The highest BCUT2D eigenvalue weighted by atomic mass is 16.7. The predicted molar refractivity (Wildman–Crippen MR) is 76.3 cm³/mol. The van der Waals surface area contributed by atoms with Crippen molar-refractivity contribution in [3.8, 4) is 11.5 Å². The number of carbonyl (C=O) groups excluding carboxylic acids is 1. The molecule has 1 N–H and O–H groups in total. The lowest BCUT2D eigenvalue weighted by atomic mass is 10.1.